The lowest BCUT2D eigenvalue weighted by Gasteiger charge is -2.42. The molecule has 34 heavy (non-hydrogen) atoms. The molecule has 1 aliphatic heterocycles. The number of hydrogen-bond acceptors (Lipinski definition) is 6. The van der Waals surface area contributed by atoms with Crippen molar-refractivity contribution in [3.63, 3.8) is 0 Å². The van der Waals surface area contributed by atoms with Crippen molar-refractivity contribution < 1.29 is 30.0 Å². The Morgan fingerprint density at radius 3 is 2.21 bits per heavy atom. The van der Waals surface area contributed by atoms with E-state index in [0.717, 1.165) is 31.1 Å². The summed E-state index contributed by atoms with van der Waals surface area (Å²) in [7, 11) is 0. The van der Waals surface area contributed by atoms with E-state index in [1.165, 1.54) is 16.7 Å². The lowest BCUT2D eigenvalue weighted by Crippen LogP contribution is -2.57. The Morgan fingerprint density at radius 1 is 1.03 bits per heavy atom. The normalized spacial score (nSPS) is 23.2. The maximum Gasteiger partial charge on any atom is 0.335 e. The molecule has 1 heterocycles. The molecule has 5 N–H and O–H groups in total. The van der Waals surface area contributed by atoms with Crippen LogP contribution >= 0.6 is 11.6 Å². The summed E-state index contributed by atoms with van der Waals surface area (Å²) < 4.78 is 0. The third-order valence-corrected chi connectivity index (χ3v) is 6.53. The van der Waals surface area contributed by atoms with Crippen LogP contribution in [0.15, 0.2) is 48.5 Å². The van der Waals surface area contributed by atoms with Crippen molar-refractivity contribution in [2.75, 3.05) is 19.6 Å². The van der Waals surface area contributed by atoms with Crippen molar-refractivity contribution in [3.8, 4) is 0 Å². The van der Waals surface area contributed by atoms with Crippen LogP contribution in [0.2, 0.25) is 5.02 Å². The standard InChI is InChI=1S/C21H25ClN2.C4H6O6/c1-21(2)14-24(11-10-23-21)20-13-18(15-6-4-3-5-7-15)17-9-8-16(22)12-19(17)20;5-1(3(7)8)2(6)4(9)10/h3-9,12,18,20,23H,10-11,13-14H2,1-2H3;1-2,5-6H,(H,7,8)(H,9,10)/t18-,20+;1-,2-/m00/s1. The Kier molecular flexibility index (Phi) is 8.33. The van der Waals surface area contributed by atoms with Crippen LogP contribution in [0.25, 0.3) is 0 Å². The second-order valence-electron chi connectivity index (χ2n) is 9.34. The number of piperazine rings is 1. The highest BCUT2D eigenvalue weighted by molar-refractivity contribution is 6.30. The fourth-order valence-corrected chi connectivity index (χ4v) is 4.87. The van der Waals surface area contributed by atoms with Gasteiger partial charge in [-0.05, 0) is 49.1 Å². The molecule has 184 valence electrons. The topological polar surface area (TPSA) is 130 Å². The summed E-state index contributed by atoms with van der Waals surface area (Å²) in [5.41, 5.74) is 4.46. The number of hydrogen-bond donors (Lipinski definition) is 5. The summed E-state index contributed by atoms with van der Waals surface area (Å²) in [5, 5.41) is 37.0. The minimum absolute atomic E-state index is 0.168. The first-order valence-corrected chi connectivity index (χ1v) is 11.5. The van der Waals surface area contributed by atoms with E-state index < -0.39 is 24.1 Å². The smallest absolute Gasteiger partial charge is 0.335 e. The van der Waals surface area contributed by atoms with Crippen molar-refractivity contribution in [3.05, 3.63) is 70.2 Å². The highest BCUT2D eigenvalue weighted by Crippen LogP contribution is 2.47. The lowest BCUT2D eigenvalue weighted by atomic mass is 9.93. The van der Waals surface area contributed by atoms with Gasteiger partial charge in [-0.2, -0.15) is 0 Å². The summed E-state index contributed by atoms with van der Waals surface area (Å²) >= 11 is 6.35. The molecule has 0 unspecified atom stereocenters. The monoisotopic (exact) mass is 490 g/mol. The van der Waals surface area contributed by atoms with Gasteiger partial charge in [0.05, 0.1) is 0 Å². The molecule has 0 amide bonds. The summed E-state index contributed by atoms with van der Waals surface area (Å²) in [4.78, 5) is 22.2. The summed E-state index contributed by atoms with van der Waals surface area (Å²) in [6.07, 6.45) is -3.38. The second-order valence-corrected chi connectivity index (χ2v) is 9.77. The van der Waals surface area contributed by atoms with Crippen molar-refractivity contribution >= 4 is 23.5 Å². The van der Waals surface area contributed by atoms with Crippen LogP contribution in [0.4, 0.5) is 0 Å². The van der Waals surface area contributed by atoms with Gasteiger partial charge in [-0.25, -0.2) is 9.59 Å². The molecule has 8 nitrogen and oxygen atoms in total. The molecule has 0 spiro atoms. The van der Waals surface area contributed by atoms with Crippen LogP contribution in [0.1, 0.15) is 48.9 Å². The largest absolute Gasteiger partial charge is 0.479 e. The molecule has 2 aromatic carbocycles. The first-order chi connectivity index (χ1) is 16.0. The molecule has 1 aliphatic carbocycles. The molecule has 1 fully saturated rings. The maximum atomic E-state index is 9.77. The Bertz CT molecular complexity index is 998. The maximum absolute atomic E-state index is 9.77. The number of aliphatic hydroxyl groups is 2. The molecule has 1 saturated heterocycles. The van der Waals surface area contributed by atoms with Gasteiger partial charge in [-0.3, -0.25) is 4.90 Å². The molecule has 0 bridgehead atoms. The van der Waals surface area contributed by atoms with Gasteiger partial charge in [0.25, 0.3) is 0 Å². The average molecular weight is 491 g/mol. The third-order valence-electron chi connectivity index (χ3n) is 6.29. The SMILES string of the molecule is CC1(C)CN([C@@H]2C[C@@H](c3ccccc3)c3ccc(Cl)cc32)CCN1.O=C(O)[C@@H](O)[C@H](O)C(=O)O. The van der Waals surface area contributed by atoms with Crippen molar-refractivity contribution in [1.29, 1.82) is 0 Å². The lowest BCUT2D eigenvalue weighted by molar-refractivity contribution is -0.165. The zero-order chi connectivity index (χ0) is 25.0. The van der Waals surface area contributed by atoms with E-state index in [1.807, 2.05) is 6.07 Å². The van der Waals surface area contributed by atoms with Gasteiger partial charge in [0.1, 0.15) is 0 Å². The van der Waals surface area contributed by atoms with Gasteiger partial charge in [-0.1, -0.05) is 48.0 Å². The number of aliphatic carboxylic acids is 2. The number of carboxylic acids is 2. The van der Waals surface area contributed by atoms with Crippen LogP contribution in [0.3, 0.4) is 0 Å². The van der Waals surface area contributed by atoms with Gasteiger partial charge in [0, 0.05) is 42.2 Å². The molecule has 2 aliphatic rings. The molecule has 2 aromatic rings. The molecule has 4 rings (SSSR count). The Hall–Kier alpha value is -2.49. The van der Waals surface area contributed by atoms with Gasteiger partial charge in [-0.15, -0.1) is 0 Å². The van der Waals surface area contributed by atoms with Crippen molar-refractivity contribution in [2.45, 2.75) is 50.0 Å². The third kappa shape index (κ3) is 6.14. The van der Waals surface area contributed by atoms with E-state index in [4.69, 9.17) is 32.0 Å². The molecule has 0 saturated carbocycles. The van der Waals surface area contributed by atoms with E-state index in [-0.39, 0.29) is 5.54 Å². The Morgan fingerprint density at radius 2 is 1.65 bits per heavy atom. The Balaban J connectivity index is 0.000000277. The first-order valence-electron chi connectivity index (χ1n) is 11.2. The molecular formula is C25H31ClN2O6. The fourth-order valence-electron chi connectivity index (χ4n) is 4.69. The number of halogens is 1. The molecule has 0 aromatic heterocycles. The highest BCUT2D eigenvalue weighted by atomic mass is 35.5. The van der Waals surface area contributed by atoms with Crippen LogP contribution in [0, 0.1) is 0 Å². The van der Waals surface area contributed by atoms with Crippen LogP contribution in [0.5, 0.6) is 0 Å². The second kappa shape index (κ2) is 10.8. The van der Waals surface area contributed by atoms with Crippen molar-refractivity contribution in [2.24, 2.45) is 0 Å². The number of nitrogens with one attached hydrogen (secondary N) is 1. The van der Waals surface area contributed by atoms with Crippen molar-refractivity contribution in [1.82, 2.24) is 10.2 Å². The fraction of sp³-hybridized carbons (Fsp3) is 0.440. The van der Waals surface area contributed by atoms with E-state index in [1.54, 1.807) is 0 Å². The van der Waals surface area contributed by atoms with E-state index in [2.05, 4.69) is 66.5 Å². The predicted molar refractivity (Wildman–Crippen MR) is 128 cm³/mol. The average Bonchev–Trinajstić information content (AvgIpc) is 3.17. The van der Waals surface area contributed by atoms with E-state index in [9.17, 15) is 9.59 Å². The van der Waals surface area contributed by atoms with E-state index >= 15 is 0 Å². The first kappa shape index (κ1) is 26.1. The van der Waals surface area contributed by atoms with Crippen LogP contribution in [-0.4, -0.2) is 74.6 Å². The van der Waals surface area contributed by atoms with Crippen LogP contribution in [-0.2, 0) is 9.59 Å². The number of fused-ring (bicyclic) bond motifs is 1. The number of aliphatic hydroxyl groups excluding tert-OH is 2. The zero-order valence-electron chi connectivity index (χ0n) is 19.2. The summed E-state index contributed by atoms with van der Waals surface area (Å²) in [6, 6.07) is 17.8. The summed E-state index contributed by atoms with van der Waals surface area (Å²) in [6.45, 7) is 7.81. The molecule has 9 heteroatoms. The molecular weight excluding hydrogens is 460 g/mol. The van der Waals surface area contributed by atoms with Crippen LogP contribution < -0.4 is 5.32 Å². The minimum Gasteiger partial charge on any atom is -0.479 e. The predicted octanol–water partition coefficient (Wildman–Crippen LogP) is 2.48. The number of benzene rings is 2. The quantitative estimate of drug-likeness (QED) is 0.432. The zero-order valence-corrected chi connectivity index (χ0v) is 19.9. The number of carbonyl (C=O) groups is 2. The van der Waals surface area contributed by atoms with Gasteiger partial charge < -0.3 is 25.7 Å². The van der Waals surface area contributed by atoms with Gasteiger partial charge in [0.15, 0.2) is 12.2 Å². The number of carboxylic acid groups (broad SMARTS) is 2. The highest BCUT2D eigenvalue weighted by Gasteiger charge is 2.38. The molecule has 4 atom stereocenters. The summed E-state index contributed by atoms with van der Waals surface area (Å²) in [5.74, 6) is -3.06. The van der Waals surface area contributed by atoms with Gasteiger partial charge >= 0.3 is 11.9 Å². The minimum atomic E-state index is -2.27. The Labute approximate surface area is 203 Å². The number of rotatable bonds is 5. The van der Waals surface area contributed by atoms with E-state index in [0.29, 0.717) is 12.0 Å². The van der Waals surface area contributed by atoms with Gasteiger partial charge in [0.2, 0.25) is 0 Å². The number of nitrogens with zero attached hydrogens (tertiary/aromatic N) is 1. The molecule has 0 radical (unpaired) electrons.